The van der Waals surface area contributed by atoms with Crippen LogP contribution in [0.5, 0.6) is 0 Å². The van der Waals surface area contributed by atoms with Gasteiger partial charge in [-0.15, -0.1) is 24.9 Å². The maximum Gasteiger partial charge on any atom is 0.251 e. The summed E-state index contributed by atoms with van der Waals surface area (Å²) in [5.74, 6) is -1.40. The number of benzene rings is 2. The van der Waals surface area contributed by atoms with Gasteiger partial charge in [0, 0.05) is 49.1 Å². The Labute approximate surface area is 254 Å². The molecule has 7 nitrogen and oxygen atoms in total. The smallest absolute Gasteiger partial charge is 0.251 e. The maximum atomic E-state index is 14.8. The molecule has 3 heterocycles. The zero-order chi connectivity index (χ0) is 29.3. The number of nitrogens with zero attached hydrogens (tertiary/aromatic N) is 3. The summed E-state index contributed by atoms with van der Waals surface area (Å²) in [5.41, 5.74) is 0.757. The number of carbonyl (C=O) groups excluding carboxylic acids is 3. The highest BCUT2D eigenvalue weighted by Crippen LogP contribution is 2.68. The standard InChI is InChI=1S/C32H38BrN3O4S/c1-4-15-34(3)29(38)25-26-30(39)36(17-9-6-10-18-37)28(32(26)20-24(33)27(25)41-32)31(40)35(16-5-2)23-14-13-21-11-7-8-12-22(21)19-23/h4-5,7-8,11-14,19,24-28,37H,1-2,6,9-10,15-18,20H2,3H3/t24?,25-,26-,27-,28?,32?/m0/s1. The van der Waals surface area contributed by atoms with Crippen molar-refractivity contribution in [1.29, 1.82) is 0 Å². The summed E-state index contributed by atoms with van der Waals surface area (Å²) in [6.07, 6.45) is 6.11. The van der Waals surface area contributed by atoms with Gasteiger partial charge in [0.25, 0.3) is 5.91 Å². The predicted molar refractivity (Wildman–Crippen MR) is 169 cm³/mol. The van der Waals surface area contributed by atoms with E-state index in [9.17, 15) is 19.5 Å². The number of rotatable bonds is 12. The number of fused-ring (bicyclic) bond motifs is 2. The van der Waals surface area contributed by atoms with Crippen LogP contribution < -0.4 is 4.90 Å². The van der Waals surface area contributed by atoms with Crippen molar-refractivity contribution in [3.05, 3.63) is 67.8 Å². The number of hydrogen-bond donors (Lipinski definition) is 1. The Kier molecular flexibility index (Phi) is 8.97. The SMILES string of the molecule is C=CCN(C)C(=O)[C@H]1[C@H]2C(=O)N(CCCCCO)C(C(=O)N(CC=C)c3ccc4ccccc4c3)C23CC(Br)[C@@H]1S3. The first-order chi connectivity index (χ1) is 19.8. The number of hydrogen-bond acceptors (Lipinski definition) is 5. The fraction of sp³-hybridized carbons (Fsp3) is 0.469. The second-order valence-corrected chi connectivity index (χ2v) is 14.0. The van der Waals surface area contributed by atoms with Gasteiger partial charge in [-0.1, -0.05) is 58.4 Å². The molecule has 1 spiro atoms. The summed E-state index contributed by atoms with van der Waals surface area (Å²) >= 11 is 5.50. The van der Waals surface area contributed by atoms with Gasteiger partial charge in [-0.3, -0.25) is 14.4 Å². The highest BCUT2D eigenvalue weighted by molar-refractivity contribution is 9.09. The van der Waals surface area contributed by atoms with Crippen LogP contribution in [0, 0.1) is 11.8 Å². The number of aliphatic hydroxyl groups excluding tert-OH is 1. The average molecular weight is 641 g/mol. The molecule has 1 N–H and O–H groups in total. The Morgan fingerprint density at radius 1 is 1.10 bits per heavy atom. The summed E-state index contributed by atoms with van der Waals surface area (Å²) in [6, 6.07) is 13.3. The van der Waals surface area contributed by atoms with Gasteiger partial charge in [0.1, 0.15) is 6.04 Å². The highest BCUT2D eigenvalue weighted by atomic mass is 79.9. The summed E-state index contributed by atoms with van der Waals surface area (Å²) in [7, 11) is 1.75. The Bertz CT molecular complexity index is 1350. The molecule has 3 aliphatic rings. The topological polar surface area (TPSA) is 81.2 Å². The number of thioether (sulfide) groups is 1. The molecule has 2 aromatic rings. The van der Waals surface area contributed by atoms with E-state index in [0.717, 1.165) is 22.9 Å². The van der Waals surface area contributed by atoms with Crippen LogP contribution in [-0.2, 0) is 14.4 Å². The van der Waals surface area contributed by atoms with Gasteiger partial charge in [-0.25, -0.2) is 0 Å². The van der Waals surface area contributed by atoms with E-state index >= 15 is 0 Å². The van der Waals surface area contributed by atoms with E-state index in [2.05, 4.69) is 29.1 Å². The van der Waals surface area contributed by atoms with Gasteiger partial charge in [0.15, 0.2) is 0 Å². The van der Waals surface area contributed by atoms with E-state index in [0.29, 0.717) is 38.9 Å². The molecule has 5 rings (SSSR count). The lowest BCUT2D eigenvalue weighted by atomic mass is 9.70. The number of carbonyl (C=O) groups is 3. The summed E-state index contributed by atoms with van der Waals surface area (Å²) in [4.78, 5) is 48.0. The van der Waals surface area contributed by atoms with Crippen LogP contribution in [0.1, 0.15) is 25.7 Å². The van der Waals surface area contributed by atoms with Crippen LogP contribution in [0.2, 0.25) is 0 Å². The van der Waals surface area contributed by atoms with Crippen molar-refractivity contribution < 1.29 is 19.5 Å². The molecule has 2 aromatic carbocycles. The lowest BCUT2D eigenvalue weighted by molar-refractivity contribution is -0.143. The molecule has 6 atom stereocenters. The first kappa shape index (κ1) is 29.9. The molecule has 3 unspecified atom stereocenters. The van der Waals surface area contributed by atoms with E-state index in [1.807, 2.05) is 42.5 Å². The second kappa shape index (κ2) is 12.3. The van der Waals surface area contributed by atoms with Crippen molar-refractivity contribution in [2.24, 2.45) is 11.8 Å². The van der Waals surface area contributed by atoms with Gasteiger partial charge in [-0.05, 0) is 48.6 Å². The third kappa shape index (κ3) is 5.14. The van der Waals surface area contributed by atoms with Crippen molar-refractivity contribution in [3.8, 4) is 0 Å². The number of anilines is 1. The molecule has 0 radical (unpaired) electrons. The number of halogens is 1. The van der Waals surface area contributed by atoms with Crippen LogP contribution in [0.25, 0.3) is 10.8 Å². The largest absolute Gasteiger partial charge is 0.396 e. The lowest BCUT2D eigenvalue weighted by Crippen LogP contribution is -2.56. The maximum absolute atomic E-state index is 14.8. The molecule has 3 saturated heterocycles. The zero-order valence-corrected chi connectivity index (χ0v) is 25.9. The number of aliphatic hydroxyl groups is 1. The molecular formula is C32H38BrN3O4S. The molecule has 9 heteroatoms. The van der Waals surface area contributed by atoms with Crippen LogP contribution in [0.15, 0.2) is 67.8 Å². The molecule has 3 amide bonds. The molecule has 3 aliphatic heterocycles. The quantitative estimate of drug-likeness (QED) is 0.208. The number of likely N-dealkylation sites (N-methyl/N-ethyl adjacent to an activating group) is 1. The highest BCUT2D eigenvalue weighted by Gasteiger charge is 2.75. The molecular weight excluding hydrogens is 602 g/mol. The van der Waals surface area contributed by atoms with Gasteiger partial charge in [-0.2, -0.15) is 0 Å². The van der Waals surface area contributed by atoms with Crippen molar-refractivity contribution in [2.45, 2.75) is 46.5 Å². The normalized spacial score (nSPS) is 28.1. The zero-order valence-electron chi connectivity index (χ0n) is 23.5. The second-order valence-electron chi connectivity index (χ2n) is 11.3. The van der Waals surface area contributed by atoms with Gasteiger partial charge >= 0.3 is 0 Å². The monoisotopic (exact) mass is 639 g/mol. The molecule has 41 heavy (non-hydrogen) atoms. The summed E-state index contributed by atoms with van der Waals surface area (Å²) in [6.45, 7) is 8.91. The molecule has 3 fully saturated rings. The fourth-order valence-electron chi connectivity index (χ4n) is 6.98. The van der Waals surface area contributed by atoms with Crippen LogP contribution in [0.4, 0.5) is 5.69 Å². The number of likely N-dealkylation sites (tertiary alicyclic amines) is 1. The minimum absolute atomic E-state index is 0.0146. The summed E-state index contributed by atoms with van der Waals surface area (Å²) < 4.78 is -0.713. The Hall–Kier alpha value is -2.62. The average Bonchev–Trinajstić information content (AvgIpc) is 3.56. The fourth-order valence-corrected chi connectivity index (χ4v) is 10.6. The Morgan fingerprint density at radius 3 is 2.54 bits per heavy atom. The number of alkyl halides is 1. The van der Waals surface area contributed by atoms with Crippen LogP contribution >= 0.6 is 27.7 Å². The lowest BCUT2D eigenvalue weighted by Gasteiger charge is -2.38. The number of unbranched alkanes of at least 4 members (excludes halogenated alkanes) is 2. The molecule has 0 saturated carbocycles. The third-order valence-electron chi connectivity index (χ3n) is 8.77. The molecule has 218 valence electrons. The van der Waals surface area contributed by atoms with E-state index in [1.165, 1.54) is 0 Å². The van der Waals surface area contributed by atoms with Crippen LogP contribution in [-0.4, -0.2) is 86.8 Å². The minimum atomic E-state index is -0.713. The predicted octanol–water partition coefficient (Wildman–Crippen LogP) is 4.63. The number of amides is 3. The molecule has 0 aliphatic carbocycles. The van der Waals surface area contributed by atoms with Crippen molar-refractivity contribution >= 4 is 61.9 Å². The third-order valence-corrected chi connectivity index (χ3v) is 12.0. The van der Waals surface area contributed by atoms with Crippen molar-refractivity contribution in [3.63, 3.8) is 0 Å². The Balaban J connectivity index is 1.56. The van der Waals surface area contributed by atoms with Crippen molar-refractivity contribution in [2.75, 3.05) is 38.2 Å². The molecule has 0 aromatic heterocycles. The van der Waals surface area contributed by atoms with Crippen molar-refractivity contribution in [1.82, 2.24) is 9.80 Å². The minimum Gasteiger partial charge on any atom is -0.396 e. The van der Waals surface area contributed by atoms with E-state index in [4.69, 9.17) is 0 Å². The van der Waals surface area contributed by atoms with Gasteiger partial charge < -0.3 is 19.8 Å². The summed E-state index contributed by atoms with van der Waals surface area (Å²) in [5, 5.41) is 11.3. The van der Waals surface area contributed by atoms with Gasteiger partial charge in [0.2, 0.25) is 11.8 Å². The van der Waals surface area contributed by atoms with E-state index in [-0.39, 0.29) is 34.4 Å². The van der Waals surface area contributed by atoms with E-state index in [1.54, 1.807) is 45.7 Å². The van der Waals surface area contributed by atoms with E-state index < -0.39 is 22.6 Å². The first-order valence-corrected chi connectivity index (χ1v) is 16.1. The first-order valence-electron chi connectivity index (χ1n) is 14.3. The molecule has 2 bridgehead atoms. The van der Waals surface area contributed by atoms with Gasteiger partial charge in [0.05, 0.1) is 16.6 Å². The Morgan fingerprint density at radius 2 is 1.83 bits per heavy atom. The van der Waals surface area contributed by atoms with Crippen LogP contribution in [0.3, 0.4) is 0 Å².